The second kappa shape index (κ2) is 4.52. The number of anilines is 1. The highest BCUT2D eigenvalue weighted by Crippen LogP contribution is 2.27. The van der Waals surface area contributed by atoms with Crippen LogP contribution < -0.4 is 5.73 Å². The Morgan fingerprint density at radius 1 is 1.35 bits per heavy atom. The average molecular weight is 269 g/mol. The van der Waals surface area contributed by atoms with E-state index < -0.39 is 0 Å². The van der Waals surface area contributed by atoms with Crippen molar-refractivity contribution in [3.05, 3.63) is 41.6 Å². The van der Waals surface area contributed by atoms with Crippen LogP contribution in [0.2, 0.25) is 0 Å². The Labute approximate surface area is 115 Å². The molecule has 0 spiro atoms. The minimum Gasteiger partial charge on any atom is -0.462 e. The van der Waals surface area contributed by atoms with E-state index in [-0.39, 0.29) is 5.97 Å². The van der Waals surface area contributed by atoms with E-state index in [0.717, 1.165) is 10.9 Å². The quantitative estimate of drug-likeness (QED) is 0.726. The molecule has 0 amide bonds. The first kappa shape index (κ1) is 12.5. The zero-order valence-electron chi connectivity index (χ0n) is 11.4. The molecule has 0 bridgehead atoms. The number of carbonyl (C=O) groups excluding carboxylic acids is 1. The van der Waals surface area contributed by atoms with Crippen LogP contribution in [-0.4, -0.2) is 22.2 Å². The molecule has 5 nitrogen and oxygen atoms in total. The molecule has 0 atom stereocenters. The van der Waals surface area contributed by atoms with Gasteiger partial charge in [0.25, 0.3) is 0 Å². The summed E-state index contributed by atoms with van der Waals surface area (Å²) in [5, 5.41) is 5.36. The van der Waals surface area contributed by atoms with Gasteiger partial charge in [0.15, 0.2) is 0 Å². The molecule has 2 aromatic heterocycles. The van der Waals surface area contributed by atoms with Gasteiger partial charge in [0, 0.05) is 11.1 Å². The minimum absolute atomic E-state index is 0.332. The van der Waals surface area contributed by atoms with Crippen molar-refractivity contribution >= 4 is 28.1 Å². The molecule has 2 N–H and O–H groups in total. The molecule has 3 rings (SSSR count). The van der Waals surface area contributed by atoms with Crippen LogP contribution in [0.3, 0.4) is 0 Å². The minimum atomic E-state index is -0.366. The van der Waals surface area contributed by atoms with Crippen LogP contribution >= 0.6 is 0 Å². The molecule has 0 saturated heterocycles. The highest BCUT2D eigenvalue weighted by atomic mass is 16.5. The maximum absolute atomic E-state index is 12.1. The number of para-hydroxylation sites is 1. The third-order valence-corrected chi connectivity index (χ3v) is 3.31. The summed E-state index contributed by atoms with van der Waals surface area (Å²) in [6, 6.07) is 9.48. The van der Waals surface area contributed by atoms with Gasteiger partial charge in [0.1, 0.15) is 5.56 Å². The fraction of sp³-hybridized carbons (Fsp3) is 0.200. The summed E-state index contributed by atoms with van der Waals surface area (Å²) in [7, 11) is 0. The number of pyridine rings is 1. The maximum atomic E-state index is 12.1. The Hall–Kier alpha value is -2.56. The van der Waals surface area contributed by atoms with Crippen molar-refractivity contribution in [1.29, 1.82) is 0 Å². The molecule has 2 heterocycles. The van der Waals surface area contributed by atoms with Gasteiger partial charge in [-0.25, -0.2) is 9.31 Å². The number of ether oxygens (including phenoxy) is 1. The zero-order chi connectivity index (χ0) is 14.3. The van der Waals surface area contributed by atoms with Crippen LogP contribution in [-0.2, 0) is 4.74 Å². The van der Waals surface area contributed by atoms with Crippen molar-refractivity contribution in [1.82, 2.24) is 9.61 Å². The lowest BCUT2D eigenvalue weighted by Crippen LogP contribution is -2.06. The molecule has 0 radical (unpaired) electrons. The highest BCUT2D eigenvalue weighted by molar-refractivity contribution is 6.02. The summed E-state index contributed by atoms with van der Waals surface area (Å²) in [4.78, 5) is 12.1. The normalized spacial score (nSPS) is 11.1. The van der Waals surface area contributed by atoms with Crippen LogP contribution in [0.15, 0.2) is 30.3 Å². The highest BCUT2D eigenvalue weighted by Gasteiger charge is 2.20. The summed E-state index contributed by atoms with van der Waals surface area (Å²) in [5.41, 5.74) is 9.37. The number of hydrogen-bond donors (Lipinski definition) is 1. The van der Waals surface area contributed by atoms with Crippen LogP contribution in [0.4, 0.5) is 5.69 Å². The third kappa shape index (κ3) is 1.71. The van der Waals surface area contributed by atoms with Gasteiger partial charge in [-0.15, -0.1) is 0 Å². The molecule has 0 aliphatic heterocycles. The number of nitrogens with two attached hydrogens (primary N) is 1. The second-order valence-corrected chi connectivity index (χ2v) is 4.59. The Kier molecular flexibility index (Phi) is 2.82. The topological polar surface area (TPSA) is 69.6 Å². The molecular formula is C15H15N3O2. The van der Waals surface area contributed by atoms with Crippen molar-refractivity contribution in [3.8, 4) is 0 Å². The summed E-state index contributed by atoms with van der Waals surface area (Å²) >= 11 is 0. The SMILES string of the molecule is CCOC(=O)c1c(C)nn2c1cc(N)c1ccccc12. The van der Waals surface area contributed by atoms with Crippen LogP contribution in [0.25, 0.3) is 16.4 Å². The molecule has 102 valence electrons. The van der Waals surface area contributed by atoms with E-state index in [4.69, 9.17) is 10.5 Å². The van der Waals surface area contributed by atoms with Gasteiger partial charge in [0.2, 0.25) is 0 Å². The lowest BCUT2D eigenvalue weighted by atomic mass is 10.1. The van der Waals surface area contributed by atoms with E-state index in [1.54, 1.807) is 24.4 Å². The summed E-state index contributed by atoms with van der Waals surface area (Å²) in [5.74, 6) is -0.366. The van der Waals surface area contributed by atoms with Gasteiger partial charge in [-0.2, -0.15) is 5.10 Å². The van der Waals surface area contributed by atoms with Gasteiger partial charge < -0.3 is 10.5 Å². The molecule has 1 aromatic carbocycles. The zero-order valence-corrected chi connectivity index (χ0v) is 11.4. The molecule has 0 fully saturated rings. The molecule has 0 saturated carbocycles. The number of hydrogen-bond acceptors (Lipinski definition) is 4. The first-order valence-electron chi connectivity index (χ1n) is 6.47. The van der Waals surface area contributed by atoms with Crippen molar-refractivity contribution in [3.63, 3.8) is 0 Å². The van der Waals surface area contributed by atoms with Gasteiger partial charge >= 0.3 is 5.97 Å². The smallest absolute Gasteiger partial charge is 0.342 e. The Bertz CT molecular complexity index is 821. The van der Waals surface area contributed by atoms with Crippen LogP contribution in [0.1, 0.15) is 23.0 Å². The monoisotopic (exact) mass is 269 g/mol. The molecule has 0 unspecified atom stereocenters. The van der Waals surface area contributed by atoms with Crippen molar-refractivity contribution in [2.75, 3.05) is 12.3 Å². The van der Waals surface area contributed by atoms with Gasteiger partial charge in [-0.1, -0.05) is 18.2 Å². The molecule has 0 aliphatic carbocycles. The number of aromatic nitrogens is 2. The number of rotatable bonds is 2. The number of esters is 1. The maximum Gasteiger partial charge on any atom is 0.342 e. The van der Waals surface area contributed by atoms with Crippen molar-refractivity contribution in [2.45, 2.75) is 13.8 Å². The number of nitrogens with zero attached hydrogens (tertiary/aromatic N) is 2. The number of carbonyl (C=O) groups is 1. The van der Waals surface area contributed by atoms with Crippen molar-refractivity contribution in [2.24, 2.45) is 0 Å². The van der Waals surface area contributed by atoms with E-state index in [9.17, 15) is 4.79 Å². The summed E-state index contributed by atoms with van der Waals surface area (Å²) in [6.07, 6.45) is 0. The Balaban J connectivity index is 2.39. The lowest BCUT2D eigenvalue weighted by Gasteiger charge is -2.06. The van der Waals surface area contributed by atoms with E-state index >= 15 is 0 Å². The lowest BCUT2D eigenvalue weighted by molar-refractivity contribution is 0.0528. The van der Waals surface area contributed by atoms with Gasteiger partial charge in [0.05, 0.1) is 23.3 Å². The molecular weight excluding hydrogens is 254 g/mol. The van der Waals surface area contributed by atoms with E-state index in [1.807, 2.05) is 24.3 Å². The molecule has 5 heteroatoms. The number of nitrogen functional groups attached to an aromatic ring is 1. The fourth-order valence-electron chi connectivity index (χ4n) is 2.45. The Morgan fingerprint density at radius 2 is 2.10 bits per heavy atom. The summed E-state index contributed by atoms with van der Waals surface area (Å²) in [6.45, 7) is 3.91. The van der Waals surface area contributed by atoms with Crippen LogP contribution in [0, 0.1) is 6.92 Å². The number of fused-ring (bicyclic) bond motifs is 3. The number of benzene rings is 1. The van der Waals surface area contributed by atoms with Crippen LogP contribution in [0.5, 0.6) is 0 Å². The Morgan fingerprint density at radius 3 is 2.85 bits per heavy atom. The third-order valence-electron chi connectivity index (χ3n) is 3.31. The largest absolute Gasteiger partial charge is 0.462 e. The molecule has 20 heavy (non-hydrogen) atoms. The van der Waals surface area contributed by atoms with Gasteiger partial charge in [-0.05, 0) is 26.0 Å². The van der Waals surface area contributed by atoms with E-state index in [0.29, 0.717) is 29.1 Å². The van der Waals surface area contributed by atoms with E-state index in [2.05, 4.69) is 5.10 Å². The van der Waals surface area contributed by atoms with Crippen molar-refractivity contribution < 1.29 is 9.53 Å². The molecule has 3 aromatic rings. The average Bonchev–Trinajstić information content (AvgIpc) is 2.76. The number of aryl methyl sites for hydroxylation is 1. The fourth-order valence-corrected chi connectivity index (χ4v) is 2.45. The predicted octanol–water partition coefficient (Wildman–Crippen LogP) is 2.55. The second-order valence-electron chi connectivity index (χ2n) is 4.59. The standard InChI is InChI=1S/C15H15N3O2/c1-3-20-15(19)14-9(2)17-18-12-7-5-4-6-10(12)11(16)8-13(14)18/h4-8H,3,16H2,1-2H3. The first-order chi connectivity index (χ1) is 9.63. The molecule has 0 aliphatic rings. The van der Waals surface area contributed by atoms with E-state index in [1.165, 1.54) is 0 Å². The first-order valence-corrected chi connectivity index (χ1v) is 6.47. The predicted molar refractivity (Wildman–Crippen MR) is 77.8 cm³/mol. The summed E-state index contributed by atoms with van der Waals surface area (Å²) < 4.78 is 6.84. The van der Waals surface area contributed by atoms with Gasteiger partial charge in [-0.3, -0.25) is 0 Å².